The third-order valence-electron chi connectivity index (χ3n) is 4.28. The van der Waals surface area contributed by atoms with E-state index < -0.39 is 10.0 Å². The number of hydrogen-bond donors (Lipinski definition) is 1. The average molecular weight is 275 g/mol. The van der Waals surface area contributed by atoms with Gasteiger partial charge in [0.15, 0.2) is 0 Å². The van der Waals surface area contributed by atoms with E-state index in [9.17, 15) is 8.42 Å². The van der Waals surface area contributed by atoms with E-state index in [1.54, 1.807) is 4.31 Å². The first-order valence-corrected chi connectivity index (χ1v) is 8.46. The van der Waals surface area contributed by atoms with Crippen molar-refractivity contribution in [2.45, 2.75) is 37.5 Å². The summed E-state index contributed by atoms with van der Waals surface area (Å²) in [6.45, 7) is 5.95. The Morgan fingerprint density at radius 2 is 1.89 bits per heavy atom. The lowest BCUT2D eigenvalue weighted by Gasteiger charge is -2.40. The van der Waals surface area contributed by atoms with Crippen LogP contribution in [-0.2, 0) is 10.0 Å². The largest absolute Gasteiger partial charge is 0.317 e. The normalized spacial score (nSPS) is 29.6. The highest BCUT2D eigenvalue weighted by atomic mass is 32.2. The monoisotopic (exact) mass is 275 g/mol. The van der Waals surface area contributed by atoms with E-state index in [4.69, 9.17) is 0 Å². The van der Waals surface area contributed by atoms with Crippen molar-refractivity contribution in [1.29, 1.82) is 0 Å². The van der Waals surface area contributed by atoms with Crippen molar-refractivity contribution in [3.63, 3.8) is 0 Å². The van der Waals surface area contributed by atoms with Gasteiger partial charge in [-0.15, -0.1) is 0 Å². The highest BCUT2D eigenvalue weighted by molar-refractivity contribution is 7.89. The molecule has 2 aliphatic heterocycles. The zero-order valence-electron chi connectivity index (χ0n) is 11.4. The van der Waals surface area contributed by atoms with Crippen LogP contribution < -0.4 is 5.32 Å². The minimum atomic E-state index is -3.08. The van der Waals surface area contributed by atoms with E-state index in [-0.39, 0.29) is 5.25 Å². The molecule has 0 radical (unpaired) electrons. The molecule has 0 aromatic heterocycles. The summed E-state index contributed by atoms with van der Waals surface area (Å²) in [7, 11) is -0.999. The molecule has 2 aliphatic rings. The summed E-state index contributed by atoms with van der Waals surface area (Å²) in [6.07, 6.45) is 2.52. The Hall–Kier alpha value is -0.170. The van der Waals surface area contributed by atoms with Crippen LogP contribution in [0.5, 0.6) is 0 Å². The summed E-state index contributed by atoms with van der Waals surface area (Å²) in [5.74, 6) is 0. The number of rotatable bonds is 3. The fraction of sp³-hybridized carbons (Fsp3) is 1.00. The molecule has 18 heavy (non-hydrogen) atoms. The van der Waals surface area contributed by atoms with Crippen molar-refractivity contribution in [3.8, 4) is 0 Å². The lowest BCUT2D eigenvalue weighted by Crippen LogP contribution is -2.55. The second kappa shape index (κ2) is 5.86. The molecule has 1 unspecified atom stereocenters. The molecule has 2 rings (SSSR count). The first-order valence-electron chi connectivity index (χ1n) is 6.95. The Morgan fingerprint density at radius 3 is 2.50 bits per heavy atom. The number of likely N-dealkylation sites (N-methyl/N-ethyl adjacent to an activating group) is 1. The predicted molar refractivity (Wildman–Crippen MR) is 73.1 cm³/mol. The summed E-state index contributed by atoms with van der Waals surface area (Å²) in [6, 6.07) is 0.371. The summed E-state index contributed by atoms with van der Waals surface area (Å²) in [5.41, 5.74) is 0. The fourth-order valence-corrected chi connectivity index (χ4v) is 4.86. The molecule has 0 spiro atoms. The van der Waals surface area contributed by atoms with Gasteiger partial charge >= 0.3 is 0 Å². The van der Waals surface area contributed by atoms with Gasteiger partial charge in [-0.2, -0.15) is 4.31 Å². The van der Waals surface area contributed by atoms with Gasteiger partial charge in [-0.05, 0) is 39.4 Å². The maximum Gasteiger partial charge on any atom is 0.217 e. The Bertz CT molecular complexity index is 366. The Balaban J connectivity index is 2.05. The summed E-state index contributed by atoms with van der Waals surface area (Å²) in [5, 5.41) is 3.06. The maximum absolute atomic E-state index is 12.6. The topological polar surface area (TPSA) is 52.7 Å². The number of hydrogen-bond acceptors (Lipinski definition) is 4. The number of nitrogens with one attached hydrogen (secondary N) is 1. The molecule has 0 aromatic carbocycles. The molecular formula is C12H25N3O2S. The molecule has 2 fully saturated rings. The molecule has 5 nitrogen and oxygen atoms in total. The van der Waals surface area contributed by atoms with Gasteiger partial charge in [0.25, 0.3) is 0 Å². The first kappa shape index (κ1) is 14.2. The van der Waals surface area contributed by atoms with E-state index in [2.05, 4.69) is 24.2 Å². The highest BCUT2D eigenvalue weighted by Gasteiger charge is 2.36. The van der Waals surface area contributed by atoms with Gasteiger partial charge in [-0.25, -0.2) is 8.42 Å². The third kappa shape index (κ3) is 2.87. The minimum absolute atomic E-state index is 0.167. The van der Waals surface area contributed by atoms with Crippen LogP contribution in [0.1, 0.15) is 26.2 Å². The number of sulfonamides is 1. The van der Waals surface area contributed by atoms with Crippen LogP contribution in [0.15, 0.2) is 0 Å². The summed E-state index contributed by atoms with van der Waals surface area (Å²) >= 11 is 0. The van der Waals surface area contributed by atoms with E-state index in [1.165, 1.54) is 0 Å². The van der Waals surface area contributed by atoms with Crippen molar-refractivity contribution >= 4 is 10.0 Å². The minimum Gasteiger partial charge on any atom is -0.317 e. The maximum atomic E-state index is 12.6. The number of piperidine rings is 1. The van der Waals surface area contributed by atoms with Gasteiger partial charge in [0.2, 0.25) is 10.0 Å². The highest BCUT2D eigenvalue weighted by Crippen LogP contribution is 2.21. The zero-order valence-corrected chi connectivity index (χ0v) is 12.2. The molecule has 1 N–H and O–H groups in total. The second-order valence-electron chi connectivity index (χ2n) is 5.39. The molecule has 106 valence electrons. The molecule has 2 heterocycles. The Labute approximate surface area is 111 Å². The van der Waals surface area contributed by atoms with E-state index >= 15 is 0 Å². The average Bonchev–Trinajstić information content (AvgIpc) is 2.40. The van der Waals surface area contributed by atoms with Crippen molar-refractivity contribution in [3.05, 3.63) is 0 Å². The molecule has 0 bridgehead atoms. The predicted octanol–water partition coefficient (Wildman–Crippen LogP) is 0.0942. The van der Waals surface area contributed by atoms with Crippen molar-refractivity contribution in [2.75, 3.05) is 39.8 Å². The van der Waals surface area contributed by atoms with Crippen LogP contribution >= 0.6 is 0 Å². The molecular weight excluding hydrogens is 250 g/mol. The van der Waals surface area contributed by atoms with Gasteiger partial charge in [-0.3, -0.25) is 0 Å². The van der Waals surface area contributed by atoms with Gasteiger partial charge < -0.3 is 10.2 Å². The molecule has 2 saturated heterocycles. The van der Waals surface area contributed by atoms with Crippen LogP contribution in [0, 0.1) is 0 Å². The summed E-state index contributed by atoms with van der Waals surface area (Å²) < 4.78 is 26.9. The lowest BCUT2D eigenvalue weighted by molar-refractivity contribution is 0.143. The van der Waals surface area contributed by atoms with Crippen LogP contribution in [0.25, 0.3) is 0 Å². The second-order valence-corrected chi connectivity index (χ2v) is 7.61. The zero-order chi connectivity index (χ0) is 13.2. The van der Waals surface area contributed by atoms with Gasteiger partial charge in [0.1, 0.15) is 0 Å². The summed E-state index contributed by atoms with van der Waals surface area (Å²) in [4.78, 5) is 2.27. The molecule has 0 amide bonds. The van der Waals surface area contributed by atoms with Crippen LogP contribution in [0.3, 0.4) is 0 Å². The van der Waals surface area contributed by atoms with Crippen LogP contribution in [-0.4, -0.2) is 68.7 Å². The SMILES string of the molecule is CCC1CN(S(=O)(=O)C2CCNCC2)CCN1C. The van der Waals surface area contributed by atoms with E-state index in [0.717, 1.165) is 38.9 Å². The Kier molecular flexibility index (Phi) is 4.64. The van der Waals surface area contributed by atoms with Crippen molar-refractivity contribution < 1.29 is 8.42 Å². The van der Waals surface area contributed by atoms with Crippen molar-refractivity contribution in [1.82, 2.24) is 14.5 Å². The van der Waals surface area contributed by atoms with E-state index in [0.29, 0.717) is 19.1 Å². The van der Waals surface area contributed by atoms with Gasteiger partial charge in [0.05, 0.1) is 5.25 Å². The van der Waals surface area contributed by atoms with E-state index in [1.807, 2.05) is 0 Å². The Morgan fingerprint density at radius 1 is 1.22 bits per heavy atom. The molecule has 0 aromatic rings. The van der Waals surface area contributed by atoms with Gasteiger partial charge in [0, 0.05) is 25.7 Å². The van der Waals surface area contributed by atoms with Gasteiger partial charge in [-0.1, -0.05) is 6.92 Å². The molecule has 0 aliphatic carbocycles. The van der Waals surface area contributed by atoms with Crippen LogP contribution in [0.4, 0.5) is 0 Å². The van der Waals surface area contributed by atoms with Crippen LogP contribution in [0.2, 0.25) is 0 Å². The lowest BCUT2D eigenvalue weighted by atomic mass is 10.1. The molecule has 1 atom stereocenters. The first-order chi connectivity index (χ1) is 8.55. The fourth-order valence-electron chi connectivity index (χ4n) is 2.89. The third-order valence-corrected chi connectivity index (χ3v) is 6.64. The molecule has 6 heteroatoms. The number of piperazine rings is 1. The quantitative estimate of drug-likeness (QED) is 0.793. The number of nitrogens with zero attached hydrogens (tertiary/aromatic N) is 2. The molecule has 0 saturated carbocycles. The van der Waals surface area contributed by atoms with Crippen molar-refractivity contribution in [2.24, 2.45) is 0 Å². The smallest absolute Gasteiger partial charge is 0.217 e. The standard InChI is InChI=1S/C12H25N3O2S/c1-3-11-10-15(9-8-14(11)2)18(16,17)12-4-6-13-7-5-12/h11-13H,3-10H2,1-2H3.